The van der Waals surface area contributed by atoms with Gasteiger partial charge in [-0.15, -0.1) is 22.7 Å². The number of rotatable bonds is 4. The van der Waals surface area contributed by atoms with Crippen molar-refractivity contribution in [2.24, 2.45) is 0 Å². The zero-order valence-corrected chi connectivity index (χ0v) is 41.7. The quantitative estimate of drug-likeness (QED) is 0.164. The molecule has 0 radical (unpaired) electrons. The Labute approximate surface area is 417 Å². The lowest BCUT2D eigenvalue weighted by atomic mass is 9.46. The molecule has 0 amide bonds. The van der Waals surface area contributed by atoms with Gasteiger partial charge in [0, 0.05) is 68.3 Å². The zero-order valence-electron chi connectivity index (χ0n) is 40.1. The zero-order chi connectivity index (χ0) is 47.2. The Morgan fingerprint density at radius 3 is 1.84 bits per heavy atom. The molecule has 70 heavy (non-hydrogen) atoms. The summed E-state index contributed by atoms with van der Waals surface area (Å²) in [7, 11) is 0. The van der Waals surface area contributed by atoms with Crippen molar-refractivity contribution in [3.63, 3.8) is 0 Å². The molecule has 12 aromatic rings. The standard InChI is InChI=1S/C64H49BN2OS2/c1-63(2,3)41-26-29-43(30-27-41)67-53-37-57-49(45-22-14-16-24-55(45)69-57)35-48(53)50-36-51-44-21-13-15-23-54(44)68-61(51)60-58(50)65(67)62-59(46-31-25-40(33-56(46)70-62)38-17-9-7-10-18-38)66(60)52-32-28-42(64(4,5)6)34-47(52)39-19-11-8-12-20-39/h7-37H,1-6H3. The second kappa shape index (κ2) is 15.1. The van der Waals surface area contributed by atoms with Crippen LogP contribution in [0, 0.1) is 0 Å². The molecule has 336 valence electrons. The fourth-order valence-electron chi connectivity index (χ4n) is 11.4. The third-order valence-corrected chi connectivity index (χ3v) is 17.3. The molecule has 9 aromatic carbocycles. The number of hydrogen-bond donors (Lipinski definition) is 0. The van der Waals surface area contributed by atoms with E-state index in [-0.39, 0.29) is 17.7 Å². The topological polar surface area (TPSA) is 19.6 Å². The smallest absolute Gasteiger partial charge is 0.343 e. The summed E-state index contributed by atoms with van der Waals surface area (Å²) >= 11 is 3.83. The number of hydrogen-bond acceptors (Lipinski definition) is 5. The van der Waals surface area contributed by atoms with Crippen molar-refractivity contribution in [3.8, 4) is 33.4 Å². The summed E-state index contributed by atoms with van der Waals surface area (Å²) in [5.74, 6) is 0. The summed E-state index contributed by atoms with van der Waals surface area (Å²) in [6.07, 6.45) is 0. The van der Waals surface area contributed by atoms with Crippen LogP contribution in [0.25, 0.3) is 85.6 Å². The van der Waals surface area contributed by atoms with E-state index in [1.54, 1.807) is 0 Å². The van der Waals surface area contributed by atoms with Crippen LogP contribution in [0.4, 0.5) is 28.4 Å². The van der Waals surface area contributed by atoms with Gasteiger partial charge in [0.15, 0.2) is 5.58 Å². The fraction of sp³-hybridized carbons (Fsp3) is 0.125. The average Bonchev–Trinajstić information content (AvgIpc) is 4.07. The summed E-state index contributed by atoms with van der Waals surface area (Å²) in [4.78, 5) is 5.30. The van der Waals surface area contributed by atoms with Gasteiger partial charge in [0.05, 0.1) is 17.1 Å². The van der Waals surface area contributed by atoms with Crippen molar-refractivity contribution in [1.82, 2.24) is 0 Å². The lowest BCUT2D eigenvalue weighted by molar-refractivity contribution is 0.590. The Bertz CT molecular complexity index is 4090. The van der Waals surface area contributed by atoms with Crippen LogP contribution in [-0.2, 0) is 10.8 Å². The van der Waals surface area contributed by atoms with E-state index in [1.807, 2.05) is 22.7 Å². The largest absolute Gasteiger partial charge is 0.454 e. The van der Waals surface area contributed by atoms with E-state index in [4.69, 9.17) is 4.42 Å². The highest BCUT2D eigenvalue weighted by atomic mass is 32.1. The van der Waals surface area contributed by atoms with Crippen molar-refractivity contribution in [2.45, 2.75) is 52.4 Å². The lowest BCUT2D eigenvalue weighted by Gasteiger charge is -2.45. The number of thiophene rings is 2. The molecule has 2 aliphatic rings. The van der Waals surface area contributed by atoms with E-state index >= 15 is 0 Å². The van der Waals surface area contributed by atoms with Gasteiger partial charge in [-0.1, -0.05) is 169 Å². The number of furan rings is 1. The minimum atomic E-state index is -0.180. The molecule has 3 aromatic heterocycles. The molecule has 0 atom stereocenters. The fourth-order valence-corrected chi connectivity index (χ4v) is 13.9. The summed E-state index contributed by atoms with van der Waals surface area (Å²) in [5, 5.41) is 6.06. The van der Waals surface area contributed by atoms with Crippen molar-refractivity contribution >= 4 is 120 Å². The maximum Gasteiger partial charge on any atom is 0.343 e. The normalized spacial score (nSPS) is 13.5. The van der Waals surface area contributed by atoms with E-state index in [0.29, 0.717) is 0 Å². The molecule has 0 unspecified atom stereocenters. The maximum absolute atomic E-state index is 7.32. The van der Waals surface area contributed by atoms with Crippen LogP contribution in [0.2, 0.25) is 0 Å². The van der Waals surface area contributed by atoms with E-state index in [9.17, 15) is 0 Å². The molecule has 0 bridgehead atoms. The molecule has 0 aliphatic carbocycles. The SMILES string of the molecule is CC(C)(C)c1ccc(N2B3c4sc5cc(-c6ccccc6)ccc5c4N(c4ccc(C(C)(C)C)cc4-c4ccccc4)c4c3c(cc3c4oc4ccccc43)-c3cc4c(cc32)sc2ccccc24)cc1. The molecule has 0 saturated carbocycles. The Morgan fingerprint density at radius 1 is 0.429 bits per heavy atom. The van der Waals surface area contributed by atoms with Crippen LogP contribution in [0.1, 0.15) is 52.7 Å². The van der Waals surface area contributed by atoms with Crippen LogP contribution < -0.4 is 20.0 Å². The van der Waals surface area contributed by atoms with Crippen molar-refractivity contribution in [3.05, 3.63) is 199 Å². The first-order valence-electron chi connectivity index (χ1n) is 24.4. The van der Waals surface area contributed by atoms with Gasteiger partial charge in [0.1, 0.15) is 5.58 Å². The molecule has 0 saturated heterocycles. The predicted molar refractivity (Wildman–Crippen MR) is 304 cm³/mol. The van der Waals surface area contributed by atoms with E-state index in [0.717, 1.165) is 33.3 Å². The molecule has 14 rings (SSSR count). The van der Waals surface area contributed by atoms with Crippen molar-refractivity contribution < 1.29 is 4.42 Å². The summed E-state index contributed by atoms with van der Waals surface area (Å²) in [6.45, 7) is 13.7. The first kappa shape index (κ1) is 41.6. The highest BCUT2D eigenvalue weighted by molar-refractivity contribution is 7.32. The van der Waals surface area contributed by atoms with Crippen molar-refractivity contribution in [1.29, 1.82) is 0 Å². The van der Waals surface area contributed by atoms with Gasteiger partial charge in [0.25, 0.3) is 0 Å². The molecule has 0 N–H and O–H groups in total. The Morgan fingerprint density at radius 2 is 1.09 bits per heavy atom. The third-order valence-electron chi connectivity index (χ3n) is 15.0. The highest BCUT2D eigenvalue weighted by Crippen LogP contribution is 2.56. The lowest BCUT2D eigenvalue weighted by Crippen LogP contribution is -2.60. The second-order valence-corrected chi connectivity index (χ2v) is 23.4. The van der Waals surface area contributed by atoms with Gasteiger partial charge in [-0.3, -0.25) is 0 Å². The van der Waals surface area contributed by atoms with Gasteiger partial charge < -0.3 is 14.1 Å². The van der Waals surface area contributed by atoms with E-state index < -0.39 is 0 Å². The monoisotopic (exact) mass is 936 g/mol. The van der Waals surface area contributed by atoms with Crippen LogP contribution in [0.5, 0.6) is 0 Å². The van der Waals surface area contributed by atoms with Gasteiger partial charge in [0.2, 0.25) is 0 Å². The summed E-state index contributed by atoms with van der Waals surface area (Å²) in [6, 6.07) is 70.6. The van der Waals surface area contributed by atoms with Gasteiger partial charge >= 0.3 is 6.85 Å². The maximum atomic E-state index is 7.32. The molecule has 5 heterocycles. The second-order valence-electron chi connectivity index (χ2n) is 21.3. The summed E-state index contributed by atoms with van der Waals surface area (Å²) < 4.78 is 12.5. The molecule has 3 nitrogen and oxygen atoms in total. The number of benzene rings is 9. The number of anilines is 5. The molecule has 0 fully saturated rings. The average molecular weight is 937 g/mol. The van der Waals surface area contributed by atoms with Gasteiger partial charge in [-0.2, -0.15) is 0 Å². The van der Waals surface area contributed by atoms with E-state index in [2.05, 4.69) is 239 Å². The number of para-hydroxylation sites is 1. The highest BCUT2D eigenvalue weighted by Gasteiger charge is 2.49. The summed E-state index contributed by atoms with van der Waals surface area (Å²) in [5.41, 5.74) is 18.7. The molecular formula is C64H49BN2OS2. The van der Waals surface area contributed by atoms with E-state index in [1.165, 1.54) is 102 Å². The van der Waals surface area contributed by atoms with Crippen LogP contribution in [0.15, 0.2) is 192 Å². The van der Waals surface area contributed by atoms with Crippen molar-refractivity contribution in [2.75, 3.05) is 9.71 Å². The first-order chi connectivity index (χ1) is 34.0. The van der Waals surface area contributed by atoms with Crippen LogP contribution >= 0.6 is 22.7 Å². The molecule has 6 heteroatoms. The Hall–Kier alpha value is -7.38. The van der Waals surface area contributed by atoms with Gasteiger partial charge in [-0.25, -0.2) is 0 Å². The van der Waals surface area contributed by atoms with Gasteiger partial charge in [-0.05, 0) is 110 Å². The molecule has 0 spiro atoms. The third kappa shape index (κ3) is 6.19. The number of nitrogens with zero attached hydrogens (tertiary/aromatic N) is 2. The number of fused-ring (bicyclic) bond motifs is 13. The van der Waals surface area contributed by atoms with Crippen LogP contribution in [0.3, 0.4) is 0 Å². The predicted octanol–water partition coefficient (Wildman–Crippen LogP) is 17.8. The Balaban J connectivity index is 1.17. The minimum absolute atomic E-state index is 0.00763. The van der Waals surface area contributed by atoms with Crippen LogP contribution in [-0.4, -0.2) is 6.85 Å². The minimum Gasteiger partial charge on any atom is -0.454 e. The molecule has 2 aliphatic heterocycles. The Kier molecular flexibility index (Phi) is 8.95. The first-order valence-corrected chi connectivity index (χ1v) is 26.1. The molecular weight excluding hydrogens is 888 g/mol.